The van der Waals surface area contributed by atoms with E-state index in [2.05, 4.69) is 86.0 Å². The Morgan fingerprint density at radius 1 is 0.510 bits per heavy atom. The summed E-state index contributed by atoms with van der Waals surface area (Å²) < 4.78 is 47.3. The van der Waals surface area contributed by atoms with Crippen LogP contribution in [0.5, 0.6) is 0 Å². The van der Waals surface area contributed by atoms with Crippen molar-refractivity contribution in [1.29, 1.82) is 0 Å². The zero-order valence-corrected chi connectivity index (χ0v) is 35.2. The Morgan fingerprint density at radius 2 is 0.980 bits per heavy atom. The van der Waals surface area contributed by atoms with Gasteiger partial charge in [-0.2, -0.15) is 0 Å². The SMILES string of the molecule is C[C@@H](C(C)(C)OCCCCCN1CCN(CCO[C@H]2C[C@H](OC(C)(C)C)C2)CC1)C(C)(C)OCCOCCOCCOCCOCCC(C)(C)C. The third-order valence-electron chi connectivity index (χ3n) is 10.3. The van der Waals surface area contributed by atoms with Gasteiger partial charge in [0, 0.05) is 51.9 Å². The molecule has 0 radical (unpaired) electrons. The molecule has 0 aromatic rings. The maximum absolute atomic E-state index is 6.43. The van der Waals surface area contributed by atoms with Crippen LogP contribution in [0.3, 0.4) is 0 Å². The lowest BCUT2D eigenvalue weighted by molar-refractivity contribution is -0.151. The van der Waals surface area contributed by atoms with Crippen molar-refractivity contribution in [2.24, 2.45) is 11.3 Å². The van der Waals surface area contributed by atoms with Crippen molar-refractivity contribution in [2.45, 2.75) is 144 Å². The van der Waals surface area contributed by atoms with Gasteiger partial charge in [0.2, 0.25) is 0 Å². The Bertz CT molecular complexity index is 861. The maximum Gasteiger partial charge on any atom is 0.0707 e. The lowest BCUT2D eigenvalue weighted by Crippen LogP contribution is -2.48. The standard InChI is InChI=1S/C41H82N2O8/c1-35(41(10,11)50-32-31-47-30-29-46-28-27-45-26-25-44-23-15-38(2,3)4)40(8,9)49-22-14-12-13-16-42-17-19-43(20-18-42)21-24-48-36-33-37(34-36)51-39(5,6)7/h35-37H,12-34H2,1-11H3/t35-,36-,37-/m0/s1. The minimum atomic E-state index is -0.327. The molecule has 2 aliphatic rings. The predicted molar refractivity (Wildman–Crippen MR) is 207 cm³/mol. The van der Waals surface area contributed by atoms with Crippen LogP contribution < -0.4 is 0 Å². The van der Waals surface area contributed by atoms with Gasteiger partial charge in [-0.3, -0.25) is 4.90 Å². The van der Waals surface area contributed by atoms with Crippen LogP contribution in [0.2, 0.25) is 0 Å². The van der Waals surface area contributed by atoms with Crippen LogP contribution in [0, 0.1) is 11.3 Å². The van der Waals surface area contributed by atoms with Crippen molar-refractivity contribution in [3.05, 3.63) is 0 Å². The number of piperazine rings is 1. The molecule has 0 N–H and O–H groups in total. The molecule has 1 aliphatic carbocycles. The number of rotatable bonds is 29. The van der Waals surface area contributed by atoms with E-state index >= 15 is 0 Å². The van der Waals surface area contributed by atoms with Gasteiger partial charge in [0.25, 0.3) is 0 Å². The highest BCUT2D eigenvalue weighted by atomic mass is 16.6. The summed E-state index contributed by atoms with van der Waals surface area (Å²) in [6.45, 7) is 37.7. The van der Waals surface area contributed by atoms with Crippen molar-refractivity contribution in [3.8, 4) is 0 Å². The van der Waals surface area contributed by atoms with E-state index in [1.165, 1.54) is 19.4 Å². The van der Waals surface area contributed by atoms with Gasteiger partial charge in [0.15, 0.2) is 0 Å². The Labute approximate surface area is 314 Å². The van der Waals surface area contributed by atoms with E-state index in [1.807, 2.05) is 0 Å². The van der Waals surface area contributed by atoms with E-state index in [4.69, 9.17) is 37.9 Å². The number of unbranched alkanes of at least 4 members (excludes halogenated alkanes) is 2. The summed E-state index contributed by atoms with van der Waals surface area (Å²) in [4.78, 5) is 5.17. The number of hydrogen-bond acceptors (Lipinski definition) is 10. The van der Waals surface area contributed by atoms with Crippen molar-refractivity contribution in [2.75, 3.05) is 112 Å². The lowest BCUT2D eigenvalue weighted by atomic mass is 9.80. The predicted octanol–water partition coefficient (Wildman–Crippen LogP) is 6.87. The average Bonchev–Trinajstić information content (AvgIpc) is 3.02. The molecule has 0 spiro atoms. The third-order valence-corrected chi connectivity index (χ3v) is 10.3. The van der Waals surface area contributed by atoms with Crippen LogP contribution in [0.4, 0.5) is 0 Å². The molecule has 2 fully saturated rings. The first-order valence-electron chi connectivity index (χ1n) is 20.3. The largest absolute Gasteiger partial charge is 0.379 e. The first-order chi connectivity index (χ1) is 24.0. The molecular formula is C41H82N2O8. The molecule has 51 heavy (non-hydrogen) atoms. The molecule has 1 saturated heterocycles. The van der Waals surface area contributed by atoms with Gasteiger partial charge in [-0.05, 0) is 99.0 Å². The molecule has 1 saturated carbocycles. The first kappa shape index (κ1) is 46.8. The van der Waals surface area contributed by atoms with Gasteiger partial charge in [-0.15, -0.1) is 0 Å². The summed E-state index contributed by atoms with van der Waals surface area (Å²) in [5.74, 6) is 0.215. The summed E-state index contributed by atoms with van der Waals surface area (Å²) in [7, 11) is 0. The molecule has 0 unspecified atom stereocenters. The van der Waals surface area contributed by atoms with Crippen LogP contribution in [0.1, 0.15) is 115 Å². The molecule has 0 aromatic carbocycles. The van der Waals surface area contributed by atoms with Crippen molar-refractivity contribution in [3.63, 3.8) is 0 Å². The zero-order valence-electron chi connectivity index (χ0n) is 35.2. The molecule has 1 heterocycles. The monoisotopic (exact) mass is 731 g/mol. The molecule has 0 amide bonds. The van der Waals surface area contributed by atoms with Gasteiger partial charge < -0.3 is 42.8 Å². The van der Waals surface area contributed by atoms with Gasteiger partial charge in [0.1, 0.15) is 0 Å². The summed E-state index contributed by atoms with van der Waals surface area (Å²) in [5, 5.41) is 0. The van der Waals surface area contributed by atoms with Gasteiger partial charge in [0.05, 0.1) is 88.5 Å². The molecule has 10 heteroatoms. The van der Waals surface area contributed by atoms with Crippen LogP contribution in [-0.2, 0) is 37.9 Å². The van der Waals surface area contributed by atoms with E-state index in [0.717, 1.165) is 78.2 Å². The highest BCUT2D eigenvalue weighted by Gasteiger charge is 2.39. The topological polar surface area (TPSA) is 80.3 Å². The van der Waals surface area contributed by atoms with Gasteiger partial charge in [-0.1, -0.05) is 27.7 Å². The highest BCUT2D eigenvalue weighted by molar-refractivity contribution is 4.89. The molecule has 0 aromatic heterocycles. The fraction of sp³-hybridized carbons (Fsp3) is 1.00. The van der Waals surface area contributed by atoms with Crippen molar-refractivity contribution < 1.29 is 37.9 Å². The third kappa shape index (κ3) is 22.5. The van der Waals surface area contributed by atoms with Crippen LogP contribution >= 0.6 is 0 Å². The zero-order chi connectivity index (χ0) is 37.8. The molecule has 10 nitrogen and oxygen atoms in total. The average molecular weight is 731 g/mol. The lowest BCUT2D eigenvalue weighted by Gasteiger charge is -2.42. The fourth-order valence-corrected chi connectivity index (χ4v) is 6.38. The van der Waals surface area contributed by atoms with E-state index in [0.29, 0.717) is 70.5 Å². The first-order valence-corrected chi connectivity index (χ1v) is 20.3. The smallest absolute Gasteiger partial charge is 0.0707 e. The minimum Gasteiger partial charge on any atom is -0.379 e. The number of ether oxygens (including phenoxy) is 8. The van der Waals surface area contributed by atoms with E-state index < -0.39 is 0 Å². The van der Waals surface area contributed by atoms with E-state index in [1.54, 1.807) is 0 Å². The Balaban J connectivity index is 1.40. The van der Waals surface area contributed by atoms with Crippen LogP contribution in [0.25, 0.3) is 0 Å². The van der Waals surface area contributed by atoms with Crippen molar-refractivity contribution >= 4 is 0 Å². The summed E-state index contributed by atoms with van der Waals surface area (Å²) >= 11 is 0. The fourth-order valence-electron chi connectivity index (χ4n) is 6.38. The molecule has 1 aliphatic heterocycles. The van der Waals surface area contributed by atoms with E-state index in [9.17, 15) is 0 Å². The maximum atomic E-state index is 6.43. The normalized spacial score (nSPS) is 20.5. The summed E-state index contributed by atoms with van der Waals surface area (Å²) in [6.07, 6.45) is 7.40. The van der Waals surface area contributed by atoms with Crippen LogP contribution in [-0.4, -0.2) is 151 Å². The molecule has 2 rings (SSSR count). The molecular weight excluding hydrogens is 648 g/mol. The molecule has 1 atom stereocenters. The van der Waals surface area contributed by atoms with Gasteiger partial charge >= 0.3 is 0 Å². The Hall–Kier alpha value is -0.400. The summed E-state index contributed by atoms with van der Waals surface area (Å²) in [5.41, 5.74) is -0.353. The minimum absolute atomic E-state index is 0.0554. The van der Waals surface area contributed by atoms with Crippen LogP contribution in [0.15, 0.2) is 0 Å². The highest BCUT2D eigenvalue weighted by Crippen LogP contribution is 2.33. The summed E-state index contributed by atoms with van der Waals surface area (Å²) in [6, 6.07) is 0. The Morgan fingerprint density at radius 3 is 1.49 bits per heavy atom. The second kappa shape index (κ2) is 24.2. The second-order valence-electron chi connectivity index (χ2n) is 17.9. The number of hydrogen-bond donors (Lipinski definition) is 0. The van der Waals surface area contributed by atoms with E-state index in [-0.39, 0.29) is 22.7 Å². The second-order valence-corrected chi connectivity index (χ2v) is 17.9. The van der Waals surface area contributed by atoms with Gasteiger partial charge in [-0.25, -0.2) is 0 Å². The number of nitrogens with zero attached hydrogens (tertiary/aromatic N) is 2. The molecule has 0 bridgehead atoms. The molecule has 304 valence electrons. The quantitative estimate of drug-likeness (QED) is 0.0762. The van der Waals surface area contributed by atoms with Crippen molar-refractivity contribution in [1.82, 2.24) is 9.80 Å². The Kier molecular flexibility index (Phi) is 22.2.